The molecule has 0 bridgehead atoms. The largest absolute Gasteiger partial charge is 0.491 e. The van der Waals surface area contributed by atoms with Crippen molar-refractivity contribution in [3.63, 3.8) is 0 Å². The number of amides is 1. The number of carbonyl (C=O) groups is 1. The van der Waals surface area contributed by atoms with E-state index in [1.165, 1.54) is 11.1 Å². The zero-order valence-corrected chi connectivity index (χ0v) is 18.2. The highest BCUT2D eigenvalue weighted by molar-refractivity contribution is 6.05. The van der Waals surface area contributed by atoms with Gasteiger partial charge in [-0.1, -0.05) is 19.1 Å². The van der Waals surface area contributed by atoms with E-state index in [-0.39, 0.29) is 12.0 Å². The molecule has 0 spiro atoms. The van der Waals surface area contributed by atoms with Crippen molar-refractivity contribution in [2.45, 2.75) is 40.2 Å². The van der Waals surface area contributed by atoms with Crippen LogP contribution in [0.4, 0.5) is 5.69 Å². The summed E-state index contributed by atoms with van der Waals surface area (Å²) in [5.41, 5.74) is 5.91. The van der Waals surface area contributed by atoms with E-state index in [4.69, 9.17) is 9.15 Å². The van der Waals surface area contributed by atoms with Crippen molar-refractivity contribution < 1.29 is 13.9 Å². The van der Waals surface area contributed by atoms with E-state index in [2.05, 4.69) is 43.2 Å². The van der Waals surface area contributed by atoms with Crippen LogP contribution in [-0.2, 0) is 0 Å². The normalized spacial score (nSPS) is 12.0. The Morgan fingerprint density at radius 2 is 1.90 bits per heavy atom. The number of aryl methyl sites for hydroxylation is 2. The number of anilines is 1. The van der Waals surface area contributed by atoms with Crippen LogP contribution in [0.1, 0.15) is 41.8 Å². The average Bonchev–Trinajstić information content (AvgIpc) is 3.19. The Hall–Kier alpha value is -3.60. The van der Waals surface area contributed by atoms with Crippen LogP contribution < -0.4 is 10.1 Å². The standard InChI is InChI=1S/C26H26N2O3/c1-5-18(4)30-22-8-6-7-19(14-22)25(29)27-21-11-12-24-23(15-21)28-26(31-24)20-10-9-16(2)17(3)13-20/h6-15,18H,5H2,1-4H3,(H,27,29)/t18-/m1/s1. The van der Waals surface area contributed by atoms with Crippen LogP contribution in [0.15, 0.2) is 65.1 Å². The van der Waals surface area contributed by atoms with Crippen LogP contribution in [0, 0.1) is 13.8 Å². The van der Waals surface area contributed by atoms with E-state index in [9.17, 15) is 4.79 Å². The molecule has 0 aliphatic carbocycles. The van der Waals surface area contributed by atoms with Gasteiger partial charge in [0.25, 0.3) is 5.91 Å². The number of ether oxygens (including phenoxy) is 1. The molecule has 0 saturated carbocycles. The summed E-state index contributed by atoms with van der Waals surface area (Å²) in [4.78, 5) is 17.4. The first-order chi connectivity index (χ1) is 14.9. The number of oxazole rings is 1. The first-order valence-corrected chi connectivity index (χ1v) is 10.5. The maximum Gasteiger partial charge on any atom is 0.255 e. The lowest BCUT2D eigenvalue weighted by atomic mass is 10.1. The molecule has 0 radical (unpaired) electrons. The third-order valence-electron chi connectivity index (χ3n) is 5.41. The number of fused-ring (bicyclic) bond motifs is 1. The van der Waals surface area contributed by atoms with Crippen molar-refractivity contribution in [2.24, 2.45) is 0 Å². The fourth-order valence-electron chi connectivity index (χ4n) is 3.23. The van der Waals surface area contributed by atoms with Gasteiger partial charge >= 0.3 is 0 Å². The third-order valence-corrected chi connectivity index (χ3v) is 5.41. The van der Waals surface area contributed by atoms with Crippen molar-refractivity contribution in [3.05, 3.63) is 77.4 Å². The minimum Gasteiger partial charge on any atom is -0.491 e. The number of carbonyl (C=O) groups excluding carboxylic acids is 1. The third kappa shape index (κ3) is 4.61. The summed E-state index contributed by atoms with van der Waals surface area (Å²) < 4.78 is 11.7. The molecule has 1 heterocycles. The van der Waals surface area contributed by atoms with Crippen LogP contribution >= 0.6 is 0 Å². The van der Waals surface area contributed by atoms with Gasteiger partial charge in [0.15, 0.2) is 5.58 Å². The van der Waals surface area contributed by atoms with Crippen molar-refractivity contribution >= 4 is 22.7 Å². The zero-order valence-electron chi connectivity index (χ0n) is 18.2. The quantitative estimate of drug-likeness (QED) is 0.389. The maximum absolute atomic E-state index is 12.7. The molecule has 3 aromatic carbocycles. The average molecular weight is 415 g/mol. The fraction of sp³-hybridized carbons (Fsp3) is 0.231. The number of aromatic nitrogens is 1. The van der Waals surface area contributed by atoms with Gasteiger partial charge in [-0.05, 0) is 86.8 Å². The number of rotatable bonds is 6. The van der Waals surface area contributed by atoms with Crippen LogP contribution in [0.5, 0.6) is 5.75 Å². The predicted octanol–water partition coefficient (Wildman–Crippen LogP) is 6.54. The number of hydrogen-bond donors (Lipinski definition) is 1. The summed E-state index contributed by atoms with van der Waals surface area (Å²) >= 11 is 0. The summed E-state index contributed by atoms with van der Waals surface area (Å²) in [5.74, 6) is 1.05. The molecule has 0 unspecified atom stereocenters. The van der Waals surface area contributed by atoms with Crippen molar-refractivity contribution in [2.75, 3.05) is 5.32 Å². The van der Waals surface area contributed by atoms with Gasteiger partial charge in [0.1, 0.15) is 11.3 Å². The van der Waals surface area contributed by atoms with Crippen LogP contribution in [0.25, 0.3) is 22.6 Å². The SMILES string of the molecule is CC[C@@H](C)Oc1cccc(C(=O)Nc2ccc3oc(-c4ccc(C)c(C)c4)nc3c2)c1. The molecule has 1 aromatic heterocycles. The molecular weight excluding hydrogens is 388 g/mol. The second kappa shape index (κ2) is 8.64. The molecule has 4 aromatic rings. The Labute approximate surface area is 182 Å². The molecule has 5 nitrogen and oxygen atoms in total. The molecule has 1 amide bonds. The van der Waals surface area contributed by atoms with Gasteiger partial charge in [0, 0.05) is 16.8 Å². The Kier molecular flexibility index (Phi) is 5.76. The number of benzene rings is 3. The summed E-state index contributed by atoms with van der Waals surface area (Å²) in [5, 5.41) is 2.93. The molecule has 0 saturated heterocycles. The van der Waals surface area contributed by atoms with Crippen molar-refractivity contribution in [3.8, 4) is 17.2 Å². The van der Waals surface area contributed by atoms with Gasteiger partial charge in [-0.3, -0.25) is 4.79 Å². The molecule has 158 valence electrons. The van der Waals surface area contributed by atoms with E-state index < -0.39 is 0 Å². The van der Waals surface area contributed by atoms with E-state index in [0.29, 0.717) is 34.0 Å². The van der Waals surface area contributed by atoms with E-state index in [0.717, 1.165) is 12.0 Å². The molecular formula is C26H26N2O3. The van der Waals surface area contributed by atoms with E-state index in [1.807, 2.05) is 43.3 Å². The van der Waals surface area contributed by atoms with E-state index in [1.54, 1.807) is 12.1 Å². The lowest BCUT2D eigenvalue weighted by Gasteiger charge is -2.13. The Morgan fingerprint density at radius 3 is 2.68 bits per heavy atom. The highest BCUT2D eigenvalue weighted by Gasteiger charge is 2.12. The Morgan fingerprint density at radius 1 is 1.06 bits per heavy atom. The smallest absolute Gasteiger partial charge is 0.255 e. The Bertz CT molecular complexity index is 1240. The fourth-order valence-corrected chi connectivity index (χ4v) is 3.23. The van der Waals surface area contributed by atoms with Gasteiger partial charge in [0.2, 0.25) is 5.89 Å². The number of hydrogen-bond acceptors (Lipinski definition) is 4. The second-order valence-electron chi connectivity index (χ2n) is 7.82. The minimum atomic E-state index is -0.202. The lowest BCUT2D eigenvalue weighted by molar-refractivity contribution is 0.102. The molecule has 4 rings (SSSR count). The summed E-state index contributed by atoms with van der Waals surface area (Å²) in [6, 6.07) is 18.8. The summed E-state index contributed by atoms with van der Waals surface area (Å²) in [6.07, 6.45) is 0.998. The van der Waals surface area contributed by atoms with Crippen LogP contribution in [-0.4, -0.2) is 17.0 Å². The predicted molar refractivity (Wildman–Crippen MR) is 124 cm³/mol. The zero-order chi connectivity index (χ0) is 22.0. The van der Waals surface area contributed by atoms with Gasteiger partial charge in [-0.15, -0.1) is 0 Å². The number of nitrogens with one attached hydrogen (secondary N) is 1. The summed E-state index contributed by atoms with van der Waals surface area (Å²) in [6.45, 7) is 8.21. The van der Waals surface area contributed by atoms with Gasteiger partial charge in [-0.2, -0.15) is 0 Å². The topological polar surface area (TPSA) is 64.4 Å². The molecule has 5 heteroatoms. The lowest BCUT2D eigenvalue weighted by Crippen LogP contribution is -2.13. The number of nitrogens with zero attached hydrogens (tertiary/aromatic N) is 1. The monoisotopic (exact) mass is 414 g/mol. The molecule has 0 aliphatic rings. The maximum atomic E-state index is 12.7. The van der Waals surface area contributed by atoms with E-state index >= 15 is 0 Å². The van der Waals surface area contributed by atoms with Crippen LogP contribution in [0.3, 0.4) is 0 Å². The molecule has 1 N–H and O–H groups in total. The molecule has 1 atom stereocenters. The van der Waals surface area contributed by atoms with Gasteiger partial charge in [-0.25, -0.2) is 4.98 Å². The molecule has 31 heavy (non-hydrogen) atoms. The van der Waals surface area contributed by atoms with Crippen LogP contribution in [0.2, 0.25) is 0 Å². The first kappa shape index (κ1) is 20.7. The van der Waals surface area contributed by atoms with Crippen molar-refractivity contribution in [1.29, 1.82) is 0 Å². The van der Waals surface area contributed by atoms with Gasteiger partial charge in [0.05, 0.1) is 6.10 Å². The van der Waals surface area contributed by atoms with Crippen molar-refractivity contribution in [1.82, 2.24) is 4.98 Å². The van der Waals surface area contributed by atoms with Gasteiger partial charge < -0.3 is 14.5 Å². The molecule has 0 aliphatic heterocycles. The highest BCUT2D eigenvalue weighted by atomic mass is 16.5. The summed E-state index contributed by atoms with van der Waals surface area (Å²) in [7, 11) is 0. The molecule has 0 fully saturated rings. The highest BCUT2D eigenvalue weighted by Crippen LogP contribution is 2.28. The Balaban J connectivity index is 1.54. The minimum absolute atomic E-state index is 0.0967. The first-order valence-electron chi connectivity index (χ1n) is 10.5. The second-order valence-corrected chi connectivity index (χ2v) is 7.82.